The summed E-state index contributed by atoms with van der Waals surface area (Å²) in [7, 11) is 0. The van der Waals surface area contributed by atoms with Gasteiger partial charge in [0.15, 0.2) is 5.78 Å². The third kappa shape index (κ3) is 1.81. The lowest BCUT2D eigenvalue weighted by atomic mass is 9.88. The summed E-state index contributed by atoms with van der Waals surface area (Å²) < 4.78 is 0. The van der Waals surface area contributed by atoms with Crippen LogP contribution in [0.2, 0.25) is 0 Å². The van der Waals surface area contributed by atoms with Gasteiger partial charge in [0.1, 0.15) is 0 Å². The highest BCUT2D eigenvalue weighted by Gasteiger charge is 2.30. The average molecular weight is 240 g/mol. The van der Waals surface area contributed by atoms with Crippen LogP contribution >= 0.6 is 0 Å². The molecule has 0 amide bonds. The zero-order valence-electron chi connectivity index (χ0n) is 10.4. The first-order valence-electron chi connectivity index (χ1n) is 6.35. The number of nitrogens with zero attached hydrogens (tertiary/aromatic N) is 1. The number of hydrogen-bond acceptors (Lipinski definition) is 3. The SMILES string of the molecule is CC1CNCC1C(=O)c1cccc2cnccc12. The standard InChI is InChI=1S/C15H16N2O/c1-10-7-17-9-14(10)15(18)13-4-2-3-11-8-16-6-5-12(11)13/h2-6,8,10,14,17H,7,9H2,1H3. The lowest BCUT2D eigenvalue weighted by molar-refractivity contribution is 0.0909. The fourth-order valence-corrected chi connectivity index (χ4v) is 2.70. The van der Waals surface area contributed by atoms with Gasteiger partial charge >= 0.3 is 0 Å². The molecule has 0 spiro atoms. The smallest absolute Gasteiger partial charge is 0.168 e. The molecule has 0 bridgehead atoms. The maximum Gasteiger partial charge on any atom is 0.168 e. The molecule has 1 aliphatic rings. The first kappa shape index (κ1) is 11.4. The molecule has 1 aromatic carbocycles. The van der Waals surface area contributed by atoms with Crippen LogP contribution in [-0.2, 0) is 0 Å². The van der Waals surface area contributed by atoms with Crippen LogP contribution in [0.4, 0.5) is 0 Å². The van der Waals surface area contributed by atoms with E-state index in [2.05, 4.69) is 17.2 Å². The summed E-state index contributed by atoms with van der Waals surface area (Å²) in [6.07, 6.45) is 3.55. The summed E-state index contributed by atoms with van der Waals surface area (Å²) in [5.74, 6) is 0.766. The Hall–Kier alpha value is -1.74. The van der Waals surface area contributed by atoms with Crippen molar-refractivity contribution in [2.45, 2.75) is 6.92 Å². The molecule has 3 heteroatoms. The minimum absolute atomic E-state index is 0.101. The minimum Gasteiger partial charge on any atom is -0.316 e. The van der Waals surface area contributed by atoms with E-state index in [-0.39, 0.29) is 11.7 Å². The van der Waals surface area contributed by atoms with Crippen LogP contribution in [0.1, 0.15) is 17.3 Å². The van der Waals surface area contributed by atoms with Crippen molar-refractivity contribution >= 4 is 16.6 Å². The number of ketones is 1. The molecule has 3 nitrogen and oxygen atoms in total. The normalized spacial score (nSPS) is 23.4. The van der Waals surface area contributed by atoms with Crippen LogP contribution < -0.4 is 5.32 Å². The van der Waals surface area contributed by atoms with Gasteiger partial charge in [0.25, 0.3) is 0 Å². The molecule has 18 heavy (non-hydrogen) atoms. The van der Waals surface area contributed by atoms with Gasteiger partial charge in [0.2, 0.25) is 0 Å². The van der Waals surface area contributed by atoms with Gasteiger partial charge in [-0.1, -0.05) is 25.1 Å². The maximum atomic E-state index is 12.6. The summed E-state index contributed by atoms with van der Waals surface area (Å²) in [5.41, 5.74) is 0.829. The Morgan fingerprint density at radius 2 is 2.22 bits per heavy atom. The average Bonchev–Trinajstić information content (AvgIpc) is 2.83. The van der Waals surface area contributed by atoms with Gasteiger partial charge in [-0.25, -0.2) is 0 Å². The number of Topliss-reactive ketones (excluding diaryl/α,β-unsaturated/α-hetero) is 1. The molecular weight excluding hydrogens is 224 g/mol. The summed E-state index contributed by atoms with van der Waals surface area (Å²) in [5, 5.41) is 5.33. The Morgan fingerprint density at radius 3 is 3.00 bits per heavy atom. The largest absolute Gasteiger partial charge is 0.316 e. The lowest BCUT2D eigenvalue weighted by Crippen LogP contribution is -2.21. The highest BCUT2D eigenvalue weighted by Crippen LogP contribution is 2.25. The van der Waals surface area contributed by atoms with E-state index in [1.807, 2.05) is 30.5 Å². The third-order valence-electron chi connectivity index (χ3n) is 3.80. The molecule has 2 atom stereocenters. The number of fused-ring (bicyclic) bond motifs is 1. The molecule has 0 aliphatic carbocycles. The van der Waals surface area contributed by atoms with Gasteiger partial charge in [-0.3, -0.25) is 9.78 Å². The summed E-state index contributed by atoms with van der Waals surface area (Å²) in [6.45, 7) is 3.86. The molecule has 1 aliphatic heterocycles. The molecule has 1 saturated heterocycles. The Bertz CT molecular complexity index is 589. The molecular formula is C15H16N2O. The van der Waals surface area contributed by atoms with Crippen LogP contribution in [0.15, 0.2) is 36.7 Å². The van der Waals surface area contributed by atoms with Gasteiger partial charge in [0, 0.05) is 35.8 Å². The Balaban J connectivity index is 2.06. The van der Waals surface area contributed by atoms with Crippen LogP contribution in [-0.4, -0.2) is 23.9 Å². The zero-order valence-corrected chi connectivity index (χ0v) is 10.4. The van der Waals surface area contributed by atoms with Crippen molar-refractivity contribution in [3.05, 3.63) is 42.2 Å². The van der Waals surface area contributed by atoms with Crippen molar-refractivity contribution in [2.24, 2.45) is 11.8 Å². The second-order valence-electron chi connectivity index (χ2n) is 5.01. The van der Waals surface area contributed by atoms with E-state index in [1.165, 1.54) is 0 Å². The number of pyridine rings is 1. The number of carbonyl (C=O) groups excluding carboxylic acids is 1. The van der Waals surface area contributed by atoms with E-state index < -0.39 is 0 Å². The first-order chi connectivity index (χ1) is 8.77. The summed E-state index contributed by atoms with van der Waals surface area (Å²) >= 11 is 0. The summed E-state index contributed by atoms with van der Waals surface area (Å²) in [4.78, 5) is 16.7. The highest BCUT2D eigenvalue weighted by molar-refractivity contribution is 6.09. The second kappa shape index (κ2) is 4.50. The van der Waals surface area contributed by atoms with E-state index in [0.717, 1.165) is 29.4 Å². The van der Waals surface area contributed by atoms with Gasteiger partial charge in [-0.15, -0.1) is 0 Å². The van der Waals surface area contributed by atoms with Gasteiger partial charge in [-0.2, -0.15) is 0 Å². The fourth-order valence-electron chi connectivity index (χ4n) is 2.70. The van der Waals surface area contributed by atoms with Gasteiger partial charge in [-0.05, 0) is 23.9 Å². The number of nitrogens with one attached hydrogen (secondary N) is 1. The van der Waals surface area contributed by atoms with Crippen molar-refractivity contribution in [1.29, 1.82) is 0 Å². The number of benzene rings is 1. The molecule has 2 unspecified atom stereocenters. The van der Waals surface area contributed by atoms with E-state index in [9.17, 15) is 4.79 Å². The first-order valence-corrected chi connectivity index (χ1v) is 6.35. The molecule has 1 fully saturated rings. The minimum atomic E-state index is 0.101. The molecule has 2 heterocycles. The molecule has 3 rings (SSSR count). The number of aromatic nitrogens is 1. The van der Waals surface area contributed by atoms with Gasteiger partial charge < -0.3 is 5.32 Å². The van der Waals surface area contributed by atoms with Gasteiger partial charge in [0.05, 0.1) is 0 Å². The Kier molecular flexibility index (Phi) is 2.84. The van der Waals surface area contributed by atoms with Crippen molar-refractivity contribution in [3.8, 4) is 0 Å². The molecule has 1 aromatic heterocycles. The molecule has 0 saturated carbocycles. The molecule has 2 aromatic rings. The van der Waals surface area contributed by atoms with Crippen LogP contribution in [0, 0.1) is 11.8 Å². The fraction of sp³-hybridized carbons (Fsp3) is 0.333. The predicted molar refractivity (Wildman–Crippen MR) is 71.6 cm³/mol. The second-order valence-corrected chi connectivity index (χ2v) is 5.01. The van der Waals surface area contributed by atoms with Crippen molar-refractivity contribution < 1.29 is 4.79 Å². The van der Waals surface area contributed by atoms with E-state index in [4.69, 9.17) is 0 Å². The zero-order chi connectivity index (χ0) is 12.5. The summed E-state index contributed by atoms with van der Waals surface area (Å²) in [6, 6.07) is 7.78. The monoisotopic (exact) mass is 240 g/mol. The Labute approximate surface area is 106 Å². The van der Waals surface area contributed by atoms with Crippen molar-refractivity contribution in [1.82, 2.24) is 10.3 Å². The molecule has 1 N–H and O–H groups in total. The number of rotatable bonds is 2. The number of hydrogen-bond donors (Lipinski definition) is 1. The van der Waals surface area contributed by atoms with Crippen molar-refractivity contribution in [2.75, 3.05) is 13.1 Å². The van der Waals surface area contributed by atoms with E-state index >= 15 is 0 Å². The maximum absolute atomic E-state index is 12.6. The third-order valence-corrected chi connectivity index (χ3v) is 3.80. The Morgan fingerprint density at radius 1 is 1.33 bits per heavy atom. The van der Waals surface area contributed by atoms with E-state index in [0.29, 0.717) is 5.92 Å². The lowest BCUT2D eigenvalue weighted by Gasteiger charge is -2.14. The van der Waals surface area contributed by atoms with Crippen LogP contribution in [0.3, 0.4) is 0 Å². The predicted octanol–water partition coefficient (Wildman–Crippen LogP) is 2.27. The van der Waals surface area contributed by atoms with Crippen LogP contribution in [0.25, 0.3) is 10.8 Å². The number of carbonyl (C=O) groups is 1. The quantitative estimate of drug-likeness (QED) is 0.819. The molecule has 0 radical (unpaired) electrons. The van der Waals surface area contributed by atoms with Crippen molar-refractivity contribution in [3.63, 3.8) is 0 Å². The topological polar surface area (TPSA) is 42.0 Å². The molecule has 92 valence electrons. The van der Waals surface area contributed by atoms with Crippen LogP contribution in [0.5, 0.6) is 0 Å². The highest BCUT2D eigenvalue weighted by atomic mass is 16.1. The van der Waals surface area contributed by atoms with E-state index in [1.54, 1.807) is 6.20 Å².